The summed E-state index contributed by atoms with van der Waals surface area (Å²) in [6.45, 7) is 3.82. The van der Waals surface area contributed by atoms with Crippen LogP contribution in [0, 0.1) is 5.82 Å². The second kappa shape index (κ2) is 12.2. The number of hydrogen-bond donors (Lipinski definition) is 4. The minimum Gasteiger partial charge on any atom is -0.459 e. The summed E-state index contributed by atoms with van der Waals surface area (Å²) in [4.78, 5) is 20.0. The molecule has 2 aromatic heterocycles. The molecule has 9 heteroatoms. The number of fused-ring (bicyclic) bond motifs is 1. The molecular formula is C25H27FIN5O2. The number of H-pyrrole nitrogens is 1. The molecule has 178 valence electrons. The minimum absolute atomic E-state index is 0. The van der Waals surface area contributed by atoms with Crippen molar-refractivity contribution in [3.05, 3.63) is 89.8 Å². The van der Waals surface area contributed by atoms with Gasteiger partial charge in [-0.05, 0) is 66.9 Å². The van der Waals surface area contributed by atoms with Crippen LogP contribution in [0.4, 0.5) is 10.1 Å². The Balaban J connectivity index is 0.00000324. The molecule has 0 aliphatic heterocycles. The van der Waals surface area contributed by atoms with Gasteiger partial charge in [-0.2, -0.15) is 0 Å². The molecule has 2 aromatic carbocycles. The smallest absolute Gasteiger partial charge is 0.291 e. The highest BCUT2D eigenvalue weighted by atomic mass is 127. The summed E-state index contributed by atoms with van der Waals surface area (Å²) in [6.07, 6.45) is 4.10. The van der Waals surface area contributed by atoms with Crippen LogP contribution in [-0.2, 0) is 13.0 Å². The molecule has 0 aliphatic carbocycles. The number of carbonyl (C=O) groups excluding carboxylic acids is 1. The van der Waals surface area contributed by atoms with E-state index in [-0.39, 0.29) is 41.5 Å². The number of nitrogens with one attached hydrogen (secondary N) is 4. The Hall–Kier alpha value is -3.34. The lowest BCUT2D eigenvalue weighted by Crippen LogP contribution is -2.38. The molecule has 34 heavy (non-hydrogen) atoms. The zero-order valence-electron chi connectivity index (χ0n) is 18.7. The number of furan rings is 1. The first kappa shape index (κ1) is 25.3. The summed E-state index contributed by atoms with van der Waals surface area (Å²) in [5.74, 6) is 0.408. The minimum atomic E-state index is -0.298. The molecule has 0 unspecified atom stereocenters. The normalized spacial score (nSPS) is 11.2. The lowest BCUT2D eigenvalue weighted by Gasteiger charge is -2.11. The maximum absolute atomic E-state index is 13.6. The molecule has 0 aliphatic rings. The Morgan fingerprint density at radius 1 is 1.12 bits per heavy atom. The molecule has 0 saturated carbocycles. The highest BCUT2D eigenvalue weighted by Gasteiger charge is 2.09. The number of hydrogen-bond acceptors (Lipinski definition) is 3. The number of amides is 1. The molecule has 0 bridgehead atoms. The topological polar surface area (TPSA) is 94.4 Å². The van der Waals surface area contributed by atoms with Crippen LogP contribution in [0.15, 0.2) is 76.5 Å². The lowest BCUT2D eigenvalue weighted by molar-refractivity contribution is 0.0996. The number of anilines is 1. The van der Waals surface area contributed by atoms with Crippen molar-refractivity contribution in [2.45, 2.75) is 19.9 Å². The van der Waals surface area contributed by atoms with Crippen LogP contribution < -0.4 is 16.0 Å². The molecule has 7 nitrogen and oxygen atoms in total. The van der Waals surface area contributed by atoms with Crippen LogP contribution in [0.25, 0.3) is 10.9 Å². The van der Waals surface area contributed by atoms with Crippen molar-refractivity contribution in [1.29, 1.82) is 0 Å². The van der Waals surface area contributed by atoms with Crippen LogP contribution in [0.3, 0.4) is 0 Å². The summed E-state index contributed by atoms with van der Waals surface area (Å²) in [7, 11) is 0. The number of aromatic amines is 1. The largest absolute Gasteiger partial charge is 0.459 e. The number of nitrogens with zero attached hydrogens (tertiary/aromatic N) is 1. The van der Waals surface area contributed by atoms with E-state index in [1.54, 1.807) is 24.3 Å². The van der Waals surface area contributed by atoms with E-state index in [0.29, 0.717) is 24.7 Å². The van der Waals surface area contributed by atoms with Gasteiger partial charge in [0.05, 0.1) is 12.8 Å². The van der Waals surface area contributed by atoms with Crippen molar-refractivity contribution in [3.63, 3.8) is 0 Å². The predicted molar refractivity (Wildman–Crippen MR) is 143 cm³/mol. The maximum atomic E-state index is 13.6. The van der Waals surface area contributed by atoms with Crippen LogP contribution in [-0.4, -0.2) is 29.9 Å². The lowest BCUT2D eigenvalue weighted by atomic mass is 10.1. The summed E-state index contributed by atoms with van der Waals surface area (Å²) in [5, 5.41) is 10.3. The Labute approximate surface area is 214 Å². The van der Waals surface area contributed by atoms with Crippen LogP contribution in [0.5, 0.6) is 0 Å². The molecule has 4 aromatic rings. The van der Waals surface area contributed by atoms with Crippen molar-refractivity contribution in [2.75, 3.05) is 18.4 Å². The third-order valence-corrected chi connectivity index (χ3v) is 5.11. The van der Waals surface area contributed by atoms with E-state index >= 15 is 0 Å². The van der Waals surface area contributed by atoms with Gasteiger partial charge in [-0.3, -0.25) is 4.79 Å². The zero-order valence-corrected chi connectivity index (χ0v) is 21.1. The number of carbonyl (C=O) groups is 1. The Kier molecular flexibility index (Phi) is 9.08. The summed E-state index contributed by atoms with van der Waals surface area (Å²) >= 11 is 0. The summed E-state index contributed by atoms with van der Waals surface area (Å²) in [6, 6.07) is 15.6. The standard InChI is InChI=1S/C25H26FN5O2.HI/c1-2-27-25(28-11-10-18-16-29-22-9-8-19(26)14-21(18)22)30-15-17-5-3-6-20(13-17)31-24(32)23-7-4-12-33-23;/h3-9,12-14,16,29H,2,10-11,15H2,1H3,(H,31,32)(H2,27,28,30);1H. The zero-order chi connectivity index (χ0) is 23.0. The third kappa shape index (κ3) is 6.60. The Bertz CT molecular complexity index is 1250. The third-order valence-electron chi connectivity index (χ3n) is 5.11. The average Bonchev–Trinajstić information content (AvgIpc) is 3.48. The number of halogens is 2. The van der Waals surface area contributed by atoms with Gasteiger partial charge in [0, 0.05) is 35.9 Å². The van der Waals surface area contributed by atoms with Gasteiger partial charge in [-0.15, -0.1) is 24.0 Å². The van der Waals surface area contributed by atoms with Gasteiger partial charge < -0.3 is 25.4 Å². The van der Waals surface area contributed by atoms with Crippen LogP contribution >= 0.6 is 24.0 Å². The highest BCUT2D eigenvalue weighted by molar-refractivity contribution is 14.0. The maximum Gasteiger partial charge on any atom is 0.291 e. The van der Waals surface area contributed by atoms with E-state index in [0.717, 1.165) is 35.0 Å². The van der Waals surface area contributed by atoms with Crippen molar-refractivity contribution in [2.24, 2.45) is 4.99 Å². The number of aliphatic imine (C=N–C) groups is 1. The van der Waals surface area contributed by atoms with Gasteiger partial charge in [0.25, 0.3) is 5.91 Å². The fraction of sp³-hybridized carbons (Fsp3) is 0.200. The first-order valence-corrected chi connectivity index (χ1v) is 10.8. The molecule has 0 spiro atoms. The summed E-state index contributed by atoms with van der Waals surface area (Å²) in [5.41, 5.74) is 3.60. The molecule has 4 rings (SSSR count). The van der Waals surface area contributed by atoms with E-state index in [2.05, 4.69) is 25.9 Å². The van der Waals surface area contributed by atoms with Gasteiger partial charge >= 0.3 is 0 Å². The van der Waals surface area contributed by atoms with Crippen LogP contribution in [0.1, 0.15) is 28.6 Å². The molecule has 0 atom stereocenters. The SMILES string of the molecule is CCNC(=NCc1cccc(NC(=O)c2ccco2)c1)NCCc1c[nH]c2ccc(F)cc12.I. The number of guanidine groups is 1. The molecule has 0 fully saturated rings. The predicted octanol–water partition coefficient (Wildman–Crippen LogP) is 5.07. The average molecular weight is 575 g/mol. The van der Waals surface area contributed by atoms with Crippen molar-refractivity contribution in [3.8, 4) is 0 Å². The molecule has 2 heterocycles. The molecule has 0 saturated heterocycles. The van der Waals surface area contributed by atoms with Gasteiger partial charge in [0.2, 0.25) is 0 Å². The van der Waals surface area contributed by atoms with Gasteiger partial charge in [-0.1, -0.05) is 12.1 Å². The highest BCUT2D eigenvalue weighted by Crippen LogP contribution is 2.19. The summed E-state index contributed by atoms with van der Waals surface area (Å²) < 4.78 is 18.7. The fourth-order valence-electron chi connectivity index (χ4n) is 3.53. The van der Waals surface area contributed by atoms with Crippen molar-refractivity contribution >= 4 is 52.4 Å². The van der Waals surface area contributed by atoms with Gasteiger partial charge in [0.15, 0.2) is 11.7 Å². The molecule has 0 radical (unpaired) electrons. The van der Waals surface area contributed by atoms with E-state index < -0.39 is 0 Å². The van der Waals surface area contributed by atoms with Gasteiger partial charge in [-0.25, -0.2) is 9.38 Å². The second-order valence-corrected chi connectivity index (χ2v) is 7.51. The molecule has 1 amide bonds. The van der Waals surface area contributed by atoms with Gasteiger partial charge in [0.1, 0.15) is 5.82 Å². The number of aromatic nitrogens is 1. The quantitative estimate of drug-likeness (QED) is 0.134. The Morgan fingerprint density at radius 2 is 2.00 bits per heavy atom. The van der Waals surface area contributed by atoms with Crippen molar-refractivity contribution in [1.82, 2.24) is 15.6 Å². The molecule has 4 N–H and O–H groups in total. The van der Waals surface area contributed by atoms with Crippen LogP contribution in [0.2, 0.25) is 0 Å². The fourth-order valence-corrected chi connectivity index (χ4v) is 3.53. The Morgan fingerprint density at radius 3 is 2.79 bits per heavy atom. The molecular weight excluding hydrogens is 548 g/mol. The first-order chi connectivity index (χ1) is 16.1. The van der Waals surface area contributed by atoms with E-state index in [4.69, 9.17) is 4.42 Å². The first-order valence-electron chi connectivity index (χ1n) is 10.8. The van der Waals surface area contributed by atoms with E-state index in [9.17, 15) is 9.18 Å². The van der Waals surface area contributed by atoms with E-state index in [1.165, 1.54) is 12.3 Å². The van der Waals surface area contributed by atoms with Crippen molar-refractivity contribution < 1.29 is 13.6 Å². The number of rotatable bonds is 8. The monoisotopic (exact) mass is 575 g/mol. The second-order valence-electron chi connectivity index (χ2n) is 7.51. The number of benzene rings is 2. The van der Waals surface area contributed by atoms with E-state index in [1.807, 2.05) is 37.4 Å².